The summed E-state index contributed by atoms with van der Waals surface area (Å²) in [5.74, 6) is 0.917. The Bertz CT molecular complexity index is 1040. The van der Waals surface area contributed by atoms with E-state index in [0.717, 1.165) is 42.9 Å². The van der Waals surface area contributed by atoms with E-state index < -0.39 is 0 Å². The Morgan fingerprint density at radius 1 is 1.00 bits per heavy atom. The quantitative estimate of drug-likeness (QED) is 0.754. The molecule has 0 spiro atoms. The Morgan fingerprint density at radius 2 is 1.71 bits per heavy atom. The maximum absolute atomic E-state index is 14.1. The predicted molar refractivity (Wildman–Crippen MR) is 106 cm³/mol. The fraction of sp³-hybridized carbons (Fsp3) is 0.286. The number of hydrogen-bond donors (Lipinski definition) is 1. The number of aromatic nitrogens is 2. The van der Waals surface area contributed by atoms with Gasteiger partial charge in [0.25, 0.3) is 0 Å². The Kier molecular flexibility index (Phi) is 5.15. The number of benzene rings is 2. The number of nitrogens with zero attached hydrogens (tertiary/aromatic N) is 5. The number of anilines is 1. The van der Waals surface area contributed by atoms with Gasteiger partial charge < -0.3 is 5.73 Å². The van der Waals surface area contributed by atoms with Gasteiger partial charge in [0.1, 0.15) is 17.5 Å². The first kappa shape index (κ1) is 18.3. The third-order valence-electron chi connectivity index (χ3n) is 5.09. The molecule has 2 heterocycles. The van der Waals surface area contributed by atoms with Gasteiger partial charge in [-0.2, -0.15) is 5.26 Å². The van der Waals surface area contributed by atoms with Crippen LogP contribution in [0.15, 0.2) is 42.5 Å². The summed E-state index contributed by atoms with van der Waals surface area (Å²) in [5, 5.41) is 9.73. The molecule has 0 radical (unpaired) electrons. The highest BCUT2D eigenvalue weighted by atomic mass is 19.1. The molecular weight excluding hydrogens is 355 g/mol. The fourth-order valence-electron chi connectivity index (χ4n) is 3.51. The molecule has 1 aliphatic rings. The molecule has 0 unspecified atom stereocenters. The van der Waals surface area contributed by atoms with Gasteiger partial charge in [0.15, 0.2) is 0 Å². The number of rotatable bonds is 4. The maximum atomic E-state index is 14.1. The van der Waals surface area contributed by atoms with Gasteiger partial charge >= 0.3 is 0 Å². The Hall–Kier alpha value is -3.08. The zero-order valence-electron chi connectivity index (χ0n) is 15.5. The summed E-state index contributed by atoms with van der Waals surface area (Å²) in [6.45, 7) is 4.58. The minimum Gasteiger partial charge on any atom is -0.383 e. The highest BCUT2D eigenvalue weighted by molar-refractivity contribution is 5.87. The summed E-state index contributed by atoms with van der Waals surface area (Å²) in [6, 6.07) is 14.4. The summed E-state index contributed by atoms with van der Waals surface area (Å²) in [6.07, 6.45) is 0. The number of nitrogen functional groups attached to an aromatic ring is 1. The first-order chi connectivity index (χ1) is 13.6. The lowest BCUT2D eigenvalue weighted by molar-refractivity contribution is 0.119. The number of halogens is 1. The van der Waals surface area contributed by atoms with Crippen LogP contribution in [0.4, 0.5) is 10.2 Å². The largest absolute Gasteiger partial charge is 0.383 e. The van der Waals surface area contributed by atoms with E-state index in [4.69, 9.17) is 11.0 Å². The molecule has 0 bridgehead atoms. The van der Waals surface area contributed by atoms with Crippen LogP contribution in [0.2, 0.25) is 0 Å². The second-order valence-electron chi connectivity index (χ2n) is 7.01. The molecule has 0 aliphatic carbocycles. The minimum absolute atomic E-state index is 0.318. The number of hydrogen-bond acceptors (Lipinski definition) is 6. The fourth-order valence-corrected chi connectivity index (χ4v) is 3.51. The van der Waals surface area contributed by atoms with E-state index in [2.05, 4.69) is 19.8 Å². The summed E-state index contributed by atoms with van der Waals surface area (Å²) in [4.78, 5) is 13.6. The SMILES string of the molecule is N#Cc1ccc(CN2CCN(Cc3nc(N)c4ccccc4n3)CC2)c(F)c1. The first-order valence-corrected chi connectivity index (χ1v) is 9.27. The van der Waals surface area contributed by atoms with Crippen LogP contribution in [0.1, 0.15) is 17.0 Å². The number of nitriles is 1. The van der Waals surface area contributed by atoms with Crippen LogP contribution in [-0.4, -0.2) is 45.9 Å². The van der Waals surface area contributed by atoms with Crippen LogP contribution in [0.5, 0.6) is 0 Å². The Morgan fingerprint density at radius 3 is 2.43 bits per heavy atom. The van der Waals surface area contributed by atoms with Crippen LogP contribution in [0, 0.1) is 17.1 Å². The highest BCUT2D eigenvalue weighted by Crippen LogP contribution is 2.19. The van der Waals surface area contributed by atoms with Gasteiger partial charge in [0.05, 0.1) is 23.7 Å². The molecule has 28 heavy (non-hydrogen) atoms. The van der Waals surface area contributed by atoms with Crippen molar-refractivity contribution in [2.45, 2.75) is 13.1 Å². The lowest BCUT2D eigenvalue weighted by Crippen LogP contribution is -2.45. The molecule has 2 N–H and O–H groups in total. The molecule has 1 aromatic heterocycles. The molecule has 142 valence electrons. The van der Waals surface area contributed by atoms with Crippen molar-refractivity contribution in [3.05, 3.63) is 65.2 Å². The van der Waals surface area contributed by atoms with Crippen molar-refractivity contribution in [3.8, 4) is 6.07 Å². The average molecular weight is 376 g/mol. The van der Waals surface area contributed by atoms with Gasteiger partial charge in [-0.1, -0.05) is 18.2 Å². The summed E-state index contributed by atoms with van der Waals surface area (Å²) >= 11 is 0. The topological polar surface area (TPSA) is 82.1 Å². The van der Waals surface area contributed by atoms with Gasteiger partial charge in [-0.25, -0.2) is 14.4 Å². The van der Waals surface area contributed by atoms with Gasteiger partial charge in [-0.15, -0.1) is 0 Å². The smallest absolute Gasteiger partial charge is 0.145 e. The maximum Gasteiger partial charge on any atom is 0.145 e. The lowest BCUT2D eigenvalue weighted by atomic mass is 10.1. The van der Waals surface area contributed by atoms with E-state index in [9.17, 15) is 4.39 Å². The summed E-state index contributed by atoms with van der Waals surface area (Å²) < 4.78 is 14.1. The Labute approximate surface area is 163 Å². The molecule has 2 aromatic carbocycles. The molecule has 1 aliphatic heterocycles. The van der Waals surface area contributed by atoms with Crippen molar-refractivity contribution < 1.29 is 4.39 Å². The molecule has 3 aromatic rings. The molecular formula is C21H21FN6. The molecule has 0 atom stereocenters. The third-order valence-corrected chi connectivity index (χ3v) is 5.09. The van der Waals surface area contributed by atoms with Gasteiger partial charge in [0.2, 0.25) is 0 Å². The van der Waals surface area contributed by atoms with Crippen molar-refractivity contribution in [1.82, 2.24) is 19.8 Å². The van der Waals surface area contributed by atoms with E-state index in [-0.39, 0.29) is 5.82 Å². The number of nitrogens with two attached hydrogens (primary N) is 1. The van der Waals surface area contributed by atoms with E-state index in [1.807, 2.05) is 30.3 Å². The zero-order chi connectivity index (χ0) is 19.5. The normalized spacial score (nSPS) is 15.6. The van der Waals surface area contributed by atoms with Crippen molar-refractivity contribution in [1.29, 1.82) is 5.26 Å². The van der Waals surface area contributed by atoms with E-state index in [0.29, 0.717) is 30.0 Å². The van der Waals surface area contributed by atoms with Crippen molar-refractivity contribution in [2.24, 2.45) is 0 Å². The van der Waals surface area contributed by atoms with Crippen LogP contribution < -0.4 is 5.73 Å². The molecule has 4 rings (SSSR count). The molecule has 6 nitrogen and oxygen atoms in total. The van der Waals surface area contributed by atoms with Crippen LogP contribution in [-0.2, 0) is 13.1 Å². The average Bonchev–Trinajstić information content (AvgIpc) is 2.71. The van der Waals surface area contributed by atoms with Crippen molar-refractivity contribution in [3.63, 3.8) is 0 Å². The molecule has 0 saturated carbocycles. The summed E-state index contributed by atoms with van der Waals surface area (Å²) in [5.41, 5.74) is 7.90. The van der Waals surface area contributed by atoms with Crippen molar-refractivity contribution >= 4 is 16.7 Å². The molecule has 0 amide bonds. The minimum atomic E-state index is -0.318. The zero-order valence-corrected chi connectivity index (χ0v) is 15.5. The molecule has 1 saturated heterocycles. The van der Waals surface area contributed by atoms with Gasteiger partial charge in [-0.05, 0) is 24.3 Å². The van der Waals surface area contributed by atoms with Crippen LogP contribution in [0.3, 0.4) is 0 Å². The van der Waals surface area contributed by atoms with E-state index in [1.54, 1.807) is 12.1 Å². The second-order valence-corrected chi connectivity index (χ2v) is 7.01. The van der Waals surface area contributed by atoms with E-state index >= 15 is 0 Å². The summed E-state index contributed by atoms with van der Waals surface area (Å²) in [7, 11) is 0. The van der Waals surface area contributed by atoms with Crippen LogP contribution >= 0.6 is 0 Å². The molecule has 7 heteroatoms. The number of piperazine rings is 1. The number of para-hydroxylation sites is 1. The second kappa shape index (κ2) is 7.89. The van der Waals surface area contributed by atoms with Gasteiger partial charge in [-0.3, -0.25) is 9.80 Å². The monoisotopic (exact) mass is 376 g/mol. The predicted octanol–water partition coefficient (Wildman–Crippen LogP) is 2.54. The van der Waals surface area contributed by atoms with E-state index in [1.165, 1.54) is 6.07 Å². The third kappa shape index (κ3) is 3.93. The molecule has 1 fully saturated rings. The lowest BCUT2D eigenvalue weighted by Gasteiger charge is -2.34. The standard InChI is InChI=1S/C21H21FN6/c22-18-11-15(12-23)5-6-16(18)13-27-7-9-28(10-8-27)14-20-25-19-4-2-1-3-17(19)21(24)26-20/h1-6,11H,7-10,13-14H2,(H2,24,25,26). The highest BCUT2D eigenvalue weighted by Gasteiger charge is 2.19. The number of fused-ring (bicyclic) bond motifs is 1. The van der Waals surface area contributed by atoms with Crippen molar-refractivity contribution in [2.75, 3.05) is 31.9 Å². The van der Waals surface area contributed by atoms with Gasteiger partial charge in [0, 0.05) is 43.7 Å². The first-order valence-electron chi connectivity index (χ1n) is 9.27. The van der Waals surface area contributed by atoms with Crippen LogP contribution in [0.25, 0.3) is 10.9 Å². The Balaban J connectivity index is 1.36.